The second kappa shape index (κ2) is 14.8. The van der Waals surface area contributed by atoms with Gasteiger partial charge in [0, 0.05) is 37.7 Å². The van der Waals surface area contributed by atoms with Crippen molar-refractivity contribution in [3.63, 3.8) is 0 Å². The number of hydrogen-bond acceptors (Lipinski definition) is 10. The van der Waals surface area contributed by atoms with Gasteiger partial charge in [-0.25, -0.2) is 14.4 Å². The molecule has 2 aromatic heterocycles. The smallest absolute Gasteiger partial charge is 0.339 e. The molecule has 262 valence electrons. The predicted octanol–water partition coefficient (Wildman–Crippen LogP) is 7.93. The molecule has 0 atom stereocenters. The summed E-state index contributed by atoms with van der Waals surface area (Å²) in [6.45, 7) is 8.54. The minimum Gasteiger partial charge on any atom is -0.456 e. The molecular weight excluding hydrogens is 650 g/mol. The molecule has 0 aliphatic rings. The molecule has 2 heterocycles. The van der Waals surface area contributed by atoms with Crippen LogP contribution in [-0.4, -0.2) is 48.8 Å². The first-order chi connectivity index (χ1) is 24.5. The molecule has 0 aliphatic heterocycles. The Morgan fingerprint density at radius 2 is 1.75 bits per heavy atom. The van der Waals surface area contributed by atoms with Gasteiger partial charge in [-0.15, -0.1) is 0 Å². The Bertz CT molecular complexity index is 2220. The summed E-state index contributed by atoms with van der Waals surface area (Å²) in [5.74, 6) is 0.398. The second-order valence-corrected chi connectivity index (χ2v) is 13.2. The van der Waals surface area contributed by atoms with E-state index in [0.29, 0.717) is 23.5 Å². The maximum absolute atomic E-state index is 13.0. The van der Waals surface area contributed by atoms with Gasteiger partial charge in [0.1, 0.15) is 11.4 Å². The van der Waals surface area contributed by atoms with Crippen LogP contribution in [0, 0.1) is 10.1 Å². The molecule has 1 amide bonds. The van der Waals surface area contributed by atoms with Crippen LogP contribution >= 0.6 is 0 Å². The molecule has 0 fully saturated rings. The quantitative estimate of drug-likeness (QED) is 0.0690. The van der Waals surface area contributed by atoms with Crippen LogP contribution in [0.25, 0.3) is 33.2 Å². The molecule has 0 unspecified atom stereocenters. The number of fused-ring (bicyclic) bond motifs is 2. The lowest BCUT2D eigenvalue weighted by atomic mass is 9.98. The van der Waals surface area contributed by atoms with Crippen LogP contribution < -0.4 is 10.6 Å². The number of hydrogen-bond donors (Lipinski definition) is 2. The lowest BCUT2D eigenvalue weighted by molar-refractivity contribution is -0.383. The van der Waals surface area contributed by atoms with E-state index >= 15 is 0 Å². The van der Waals surface area contributed by atoms with Crippen LogP contribution in [0.4, 0.5) is 17.1 Å². The van der Waals surface area contributed by atoms with E-state index in [-0.39, 0.29) is 41.6 Å². The highest BCUT2D eigenvalue weighted by Crippen LogP contribution is 2.30. The Labute approximate surface area is 294 Å². The highest BCUT2D eigenvalue weighted by Gasteiger charge is 2.22. The number of anilines is 2. The van der Waals surface area contributed by atoms with Gasteiger partial charge in [-0.05, 0) is 84.5 Å². The van der Waals surface area contributed by atoms with Crippen LogP contribution in [0.15, 0.2) is 83.5 Å². The number of nitrogens with zero attached hydrogens (tertiary/aromatic N) is 5. The van der Waals surface area contributed by atoms with E-state index in [1.54, 1.807) is 6.07 Å². The first kappa shape index (κ1) is 34.7. The highest BCUT2D eigenvalue weighted by molar-refractivity contribution is 5.98. The number of nitrogens with one attached hydrogen (secondary N) is 2. The molecule has 0 bridgehead atoms. The fourth-order valence-corrected chi connectivity index (χ4v) is 5.85. The summed E-state index contributed by atoms with van der Waals surface area (Å²) in [5.41, 5.74) is 5.63. The third-order valence-electron chi connectivity index (χ3n) is 8.27. The van der Waals surface area contributed by atoms with Gasteiger partial charge >= 0.3 is 11.7 Å². The Morgan fingerprint density at radius 3 is 2.49 bits per heavy atom. The van der Waals surface area contributed by atoms with E-state index in [1.165, 1.54) is 12.1 Å². The van der Waals surface area contributed by atoms with Crippen molar-refractivity contribution in [3.8, 4) is 11.1 Å². The van der Waals surface area contributed by atoms with E-state index in [0.717, 1.165) is 52.8 Å². The number of amides is 1. The first-order valence-electron chi connectivity index (χ1n) is 16.8. The number of imidazole rings is 1. The van der Waals surface area contributed by atoms with Gasteiger partial charge in [0.25, 0.3) is 0 Å². The summed E-state index contributed by atoms with van der Waals surface area (Å²) < 4.78 is 12.6. The Balaban J connectivity index is 1.17. The predicted molar refractivity (Wildman–Crippen MR) is 195 cm³/mol. The molecule has 0 radical (unpaired) electrons. The topological polar surface area (TPSA) is 167 Å². The number of nitro benzene ring substituents is 1. The van der Waals surface area contributed by atoms with Gasteiger partial charge in [0.2, 0.25) is 11.4 Å². The molecular formula is C38H39N7O6. The summed E-state index contributed by atoms with van der Waals surface area (Å²) in [5, 5.41) is 24.8. The SMILES string of the molecule is CCCCc1nc2ccc(NC(=O)CCNc3ccc([N+](=O)[O-])c4nonc34)cc2n1Cc1ccc(-c2ccccc2C(=O)OC(C)(C)C)cc1. The van der Waals surface area contributed by atoms with Crippen molar-refractivity contribution in [2.24, 2.45) is 0 Å². The number of carbonyl (C=O) groups excluding carboxylic acids is 2. The average Bonchev–Trinajstić information content (AvgIpc) is 3.72. The summed E-state index contributed by atoms with van der Waals surface area (Å²) in [7, 11) is 0. The number of rotatable bonds is 13. The van der Waals surface area contributed by atoms with Crippen LogP contribution in [0.3, 0.4) is 0 Å². The van der Waals surface area contributed by atoms with Crippen molar-refractivity contribution >= 4 is 51.0 Å². The molecule has 51 heavy (non-hydrogen) atoms. The van der Waals surface area contributed by atoms with E-state index in [1.807, 2.05) is 69.3 Å². The summed E-state index contributed by atoms with van der Waals surface area (Å²) in [4.78, 5) is 41.6. The average molecular weight is 690 g/mol. The zero-order chi connectivity index (χ0) is 36.1. The first-order valence-corrected chi connectivity index (χ1v) is 16.8. The molecule has 4 aromatic carbocycles. The van der Waals surface area contributed by atoms with Gasteiger partial charge < -0.3 is 19.9 Å². The molecule has 0 spiro atoms. The molecule has 6 rings (SSSR count). The number of aromatic nitrogens is 4. The number of benzene rings is 4. The Hall–Kier alpha value is -6.11. The molecule has 0 aliphatic carbocycles. The van der Waals surface area contributed by atoms with Crippen molar-refractivity contribution in [1.82, 2.24) is 19.9 Å². The normalized spacial score (nSPS) is 11.5. The van der Waals surface area contributed by atoms with Gasteiger partial charge in [0.05, 0.1) is 27.2 Å². The van der Waals surface area contributed by atoms with Crippen molar-refractivity contribution in [3.05, 3.63) is 106 Å². The summed E-state index contributed by atoms with van der Waals surface area (Å²) in [6.07, 6.45) is 2.97. The zero-order valence-corrected chi connectivity index (χ0v) is 28.9. The fourth-order valence-electron chi connectivity index (χ4n) is 5.85. The molecule has 13 nitrogen and oxygen atoms in total. The highest BCUT2D eigenvalue weighted by atomic mass is 16.6. The minimum absolute atomic E-state index is 0.0390. The van der Waals surface area contributed by atoms with E-state index in [9.17, 15) is 19.7 Å². The Kier molecular flexibility index (Phi) is 10.1. The number of aryl methyl sites for hydroxylation is 1. The summed E-state index contributed by atoms with van der Waals surface area (Å²) in [6, 6.07) is 24.1. The van der Waals surface area contributed by atoms with Crippen LogP contribution in [0.1, 0.15) is 68.7 Å². The van der Waals surface area contributed by atoms with Crippen LogP contribution in [-0.2, 0) is 22.5 Å². The van der Waals surface area contributed by atoms with Crippen molar-refractivity contribution in [1.29, 1.82) is 0 Å². The number of esters is 1. The van der Waals surface area contributed by atoms with Gasteiger partial charge in [-0.2, -0.15) is 0 Å². The van der Waals surface area contributed by atoms with Crippen molar-refractivity contribution in [2.75, 3.05) is 17.2 Å². The molecule has 13 heteroatoms. The third-order valence-corrected chi connectivity index (χ3v) is 8.27. The maximum atomic E-state index is 13.0. The largest absolute Gasteiger partial charge is 0.456 e. The Morgan fingerprint density at radius 1 is 0.980 bits per heavy atom. The maximum Gasteiger partial charge on any atom is 0.339 e. The van der Waals surface area contributed by atoms with E-state index in [4.69, 9.17) is 14.3 Å². The van der Waals surface area contributed by atoms with Gasteiger partial charge in [0.15, 0.2) is 5.52 Å². The molecule has 6 aromatic rings. The standard InChI is InChI=1S/C38H39N7O6/c1-5-6-11-33-41-29-17-16-26(40-34(46)20-21-39-30-18-19-31(45(48)49)36-35(30)42-51-43-36)22-32(29)44(33)23-24-12-14-25(15-13-24)27-9-7-8-10-28(27)37(47)50-38(2,3)4/h7-10,12-19,22,39H,5-6,11,20-21,23H2,1-4H3,(H,40,46). The number of nitro groups is 1. The summed E-state index contributed by atoms with van der Waals surface area (Å²) >= 11 is 0. The van der Waals surface area contributed by atoms with E-state index < -0.39 is 10.5 Å². The lowest BCUT2D eigenvalue weighted by Gasteiger charge is -2.20. The third kappa shape index (κ3) is 8.04. The molecule has 0 saturated heterocycles. The molecule has 2 N–H and O–H groups in total. The number of carbonyl (C=O) groups is 2. The van der Waals surface area contributed by atoms with E-state index in [2.05, 4.69) is 44.6 Å². The number of ether oxygens (including phenoxy) is 1. The minimum atomic E-state index is -0.599. The van der Waals surface area contributed by atoms with Crippen LogP contribution in [0.2, 0.25) is 0 Å². The van der Waals surface area contributed by atoms with Crippen molar-refractivity contribution in [2.45, 2.75) is 65.5 Å². The number of unbranched alkanes of at least 4 members (excludes halogenated alkanes) is 1. The fraction of sp³-hybridized carbons (Fsp3) is 0.289. The monoisotopic (exact) mass is 689 g/mol. The van der Waals surface area contributed by atoms with Crippen molar-refractivity contribution < 1.29 is 23.9 Å². The second-order valence-electron chi connectivity index (χ2n) is 13.2. The van der Waals surface area contributed by atoms with Crippen LogP contribution in [0.5, 0.6) is 0 Å². The van der Waals surface area contributed by atoms with Gasteiger partial charge in [-0.3, -0.25) is 14.9 Å². The zero-order valence-electron chi connectivity index (χ0n) is 28.9. The lowest BCUT2D eigenvalue weighted by Crippen LogP contribution is -2.24. The molecule has 0 saturated carbocycles. The number of non-ortho nitro benzene ring substituents is 1. The van der Waals surface area contributed by atoms with Gasteiger partial charge in [-0.1, -0.05) is 55.8 Å².